The molecule has 2 amide bonds. The molecule has 0 unspecified atom stereocenters. The highest BCUT2D eigenvalue weighted by atomic mass is 16.2. The van der Waals surface area contributed by atoms with E-state index in [0.717, 1.165) is 47.8 Å². The summed E-state index contributed by atoms with van der Waals surface area (Å²) in [5, 5.41) is 5.84. The molecule has 7 nitrogen and oxygen atoms in total. The number of anilines is 1. The van der Waals surface area contributed by atoms with Crippen molar-refractivity contribution in [2.24, 2.45) is 0 Å². The lowest BCUT2D eigenvalue weighted by atomic mass is 10.1. The summed E-state index contributed by atoms with van der Waals surface area (Å²) in [5.74, 6) is -0.263. The lowest BCUT2D eigenvalue weighted by Crippen LogP contribution is -2.35. The van der Waals surface area contributed by atoms with Gasteiger partial charge in [0.2, 0.25) is 0 Å². The third-order valence-electron chi connectivity index (χ3n) is 5.20. The highest BCUT2D eigenvalue weighted by molar-refractivity contribution is 6.34. The molecule has 0 bridgehead atoms. The molecule has 3 N–H and O–H groups in total. The third-order valence-corrected chi connectivity index (χ3v) is 5.20. The van der Waals surface area contributed by atoms with Crippen LogP contribution in [0.5, 0.6) is 0 Å². The molecule has 1 aliphatic rings. The number of aromatic amines is 1. The van der Waals surface area contributed by atoms with Gasteiger partial charge in [-0.25, -0.2) is 0 Å². The Hall–Kier alpha value is -2.93. The van der Waals surface area contributed by atoms with Gasteiger partial charge >= 0.3 is 0 Å². The zero-order valence-corrected chi connectivity index (χ0v) is 16.8. The fraction of sp³-hybridized carbons (Fsp3) is 0.381. The second-order valence-corrected chi connectivity index (χ2v) is 6.88. The molecule has 0 radical (unpaired) electrons. The molecule has 0 saturated carbocycles. The van der Waals surface area contributed by atoms with E-state index >= 15 is 0 Å². The van der Waals surface area contributed by atoms with Gasteiger partial charge in [0.05, 0.1) is 16.8 Å². The number of rotatable bonds is 7. The van der Waals surface area contributed by atoms with Crippen molar-refractivity contribution in [3.8, 4) is 0 Å². The predicted molar refractivity (Wildman–Crippen MR) is 111 cm³/mol. The molecule has 28 heavy (non-hydrogen) atoms. The minimum atomic E-state index is -0.167. The van der Waals surface area contributed by atoms with E-state index in [0.29, 0.717) is 17.7 Å². The first kappa shape index (κ1) is 19.8. The van der Waals surface area contributed by atoms with Crippen LogP contribution in [0.2, 0.25) is 0 Å². The summed E-state index contributed by atoms with van der Waals surface area (Å²) in [6.45, 7) is 11.3. The largest absolute Gasteiger partial charge is 0.358 e. The number of aryl methyl sites for hydroxylation is 1. The van der Waals surface area contributed by atoms with E-state index in [4.69, 9.17) is 0 Å². The Labute approximate surface area is 165 Å². The molecule has 2 aromatic rings. The molecular formula is C21H27N5O2. The first-order chi connectivity index (χ1) is 13.5. The van der Waals surface area contributed by atoms with Gasteiger partial charge in [-0.05, 0) is 44.6 Å². The van der Waals surface area contributed by atoms with Crippen LogP contribution < -0.4 is 10.6 Å². The summed E-state index contributed by atoms with van der Waals surface area (Å²) in [5.41, 5.74) is 5.07. The van der Waals surface area contributed by atoms with Crippen LogP contribution in [0.3, 0.4) is 0 Å². The average molecular weight is 381 g/mol. The zero-order chi connectivity index (χ0) is 20.3. The summed E-state index contributed by atoms with van der Waals surface area (Å²) in [7, 11) is 0. The van der Waals surface area contributed by atoms with Crippen LogP contribution in [-0.4, -0.2) is 52.9 Å². The average Bonchev–Trinajstić information content (AvgIpc) is 3.14. The van der Waals surface area contributed by atoms with Crippen LogP contribution in [0, 0.1) is 13.8 Å². The van der Waals surface area contributed by atoms with Gasteiger partial charge in [0, 0.05) is 42.4 Å². The van der Waals surface area contributed by atoms with Crippen molar-refractivity contribution in [3.63, 3.8) is 0 Å². The SMILES string of the molecule is CCN(CC)CCNC(=O)c1c(C)[nH]c(/C=C2\C(=O)Nc3ccncc32)c1C. The first-order valence-electron chi connectivity index (χ1n) is 9.63. The Morgan fingerprint density at radius 1 is 1.29 bits per heavy atom. The van der Waals surface area contributed by atoms with Crippen molar-refractivity contribution in [2.45, 2.75) is 27.7 Å². The summed E-state index contributed by atoms with van der Waals surface area (Å²) < 4.78 is 0. The van der Waals surface area contributed by atoms with Crippen LogP contribution in [0.4, 0.5) is 5.69 Å². The molecule has 0 saturated heterocycles. The number of fused-ring (bicyclic) bond motifs is 1. The lowest BCUT2D eigenvalue weighted by molar-refractivity contribution is -0.110. The highest BCUT2D eigenvalue weighted by Gasteiger charge is 2.25. The maximum absolute atomic E-state index is 12.7. The van der Waals surface area contributed by atoms with E-state index in [-0.39, 0.29) is 11.8 Å². The van der Waals surface area contributed by atoms with Crippen LogP contribution in [0.25, 0.3) is 11.6 Å². The van der Waals surface area contributed by atoms with Gasteiger partial charge in [0.25, 0.3) is 11.8 Å². The Morgan fingerprint density at radius 2 is 2.04 bits per heavy atom. The number of hydrogen-bond donors (Lipinski definition) is 3. The number of likely N-dealkylation sites (N-methyl/N-ethyl adjacent to an activating group) is 1. The smallest absolute Gasteiger partial charge is 0.256 e. The topological polar surface area (TPSA) is 90.1 Å². The minimum Gasteiger partial charge on any atom is -0.358 e. The molecule has 3 rings (SSSR count). The number of hydrogen-bond acceptors (Lipinski definition) is 4. The maximum atomic E-state index is 12.7. The lowest BCUT2D eigenvalue weighted by Gasteiger charge is -2.18. The second-order valence-electron chi connectivity index (χ2n) is 6.88. The van der Waals surface area contributed by atoms with Gasteiger partial charge in [-0.1, -0.05) is 13.8 Å². The molecule has 0 aromatic carbocycles. The van der Waals surface area contributed by atoms with Crippen LogP contribution in [-0.2, 0) is 4.79 Å². The van der Waals surface area contributed by atoms with Crippen molar-refractivity contribution >= 4 is 29.2 Å². The molecule has 2 aromatic heterocycles. The standard InChI is InChI=1S/C21H27N5O2/c1-5-26(6-2)10-9-23-21(28)19-13(3)18(24-14(19)4)11-15-16-12-22-8-7-17(16)25-20(15)27/h7-8,11-12,24H,5-6,9-10H2,1-4H3,(H,23,28)(H,25,27)/b15-11-. The van der Waals surface area contributed by atoms with Crippen LogP contribution >= 0.6 is 0 Å². The highest BCUT2D eigenvalue weighted by Crippen LogP contribution is 2.33. The van der Waals surface area contributed by atoms with Crippen molar-refractivity contribution < 1.29 is 9.59 Å². The van der Waals surface area contributed by atoms with Crippen molar-refractivity contribution in [1.29, 1.82) is 0 Å². The van der Waals surface area contributed by atoms with Crippen molar-refractivity contribution in [1.82, 2.24) is 20.2 Å². The third kappa shape index (κ3) is 3.84. The van der Waals surface area contributed by atoms with E-state index in [9.17, 15) is 9.59 Å². The maximum Gasteiger partial charge on any atom is 0.256 e. The molecule has 0 fully saturated rings. The Kier molecular flexibility index (Phi) is 5.94. The van der Waals surface area contributed by atoms with E-state index in [1.165, 1.54) is 0 Å². The van der Waals surface area contributed by atoms with E-state index in [1.807, 2.05) is 13.8 Å². The Morgan fingerprint density at radius 3 is 2.75 bits per heavy atom. The number of pyridine rings is 1. The molecule has 0 aliphatic carbocycles. The van der Waals surface area contributed by atoms with Crippen LogP contribution in [0.1, 0.15) is 46.7 Å². The van der Waals surface area contributed by atoms with Gasteiger partial charge in [-0.15, -0.1) is 0 Å². The number of aromatic nitrogens is 2. The molecule has 7 heteroatoms. The fourth-order valence-electron chi connectivity index (χ4n) is 3.53. The normalized spacial score (nSPS) is 14.5. The van der Waals surface area contributed by atoms with Crippen molar-refractivity contribution in [2.75, 3.05) is 31.5 Å². The predicted octanol–water partition coefficient (Wildman–Crippen LogP) is 2.59. The van der Waals surface area contributed by atoms with Gasteiger partial charge in [-0.2, -0.15) is 0 Å². The summed E-state index contributed by atoms with van der Waals surface area (Å²) >= 11 is 0. The number of carbonyl (C=O) groups excluding carboxylic acids is 2. The van der Waals surface area contributed by atoms with Crippen LogP contribution in [0.15, 0.2) is 18.5 Å². The Balaban J connectivity index is 1.81. The molecule has 0 spiro atoms. The minimum absolute atomic E-state index is 0.0963. The summed E-state index contributed by atoms with van der Waals surface area (Å²) in [6, 6.07) is 1.77. The fourth-order valence-corrected chi connectivity index (χ4v) is 3.53. The summed E-state index contributed by atoms with van der Waals surface area (Å²) in [4.78, 5) is 34.6. The number of carbonyl (C=O) groups is 2. The van der Waals surface area contributed by atoms with Gasteiger partial charge in [0.1, 0.15) is 0 Å². The Bertz CT molecular complexity index is 925. The molecule has 1 aliphatic heterocycles. The number of nitrogens with one attached hydrogen (secondary N) is 3. The van der Waals surface area contributed by atoms with E-state index in [1.54, 1.807) is 24.5 Å². The van der Waals surface area contributed by atoms with E-state index < -0.39 is 0 Å². The molecule has 148 valence electrons. The monoisotopic (exact) mass is 381 g/mol. The molecule has 0 atom stereocenters. The number of nitrogens with zero attached hydrogens (tertiary/aromatic N) is 2. The van der Waals surface area contributed by atoms with Crippen molar-refractivity contribution in [3.05, 3.63) is 46.5 Å². The molecular weight excluding hydrogens is 354 g/mol. The van der Waals surface area contributed by atoms with Gasteiger partial charge in [0.15, 0.2) is 0 Å². The zero-order valence-electron chi connectivity index (χ0n) is 16.8. The second kappa shape index (κ2) is 8.39. The summed E-state index contributed by atoms with van der Waals surface area (Å²) in [6.07, 6.45) is 5.11. The number of H-pyrrole nitrogens is 1. The van der Waals surface area contributed by atoms with Gasteiger partial charge in [-0.3, -0.25) is 14.6 Å². The van der Waals surface area contributed by atoms with Gasteiger partial charge < -0.3 is 20.5 Å². The van der Waals surface area contributed by atoms with E-state index in [2.05, 4.69) is 39.3 Å². The quantitative estimate of drug-likeness (QED) is 0.643. The first-order valence-corrected chi connectivity index (χ1v) is 9.63. The molecule has 3 heterocycles. The number of amides is 2.